The number of anilines is 1. The summed E-state index contributed by atoms with van der Waals surface area (Å²) in [5.41, 5.74) is 1.51. The summed E-state index contributed by atoms with van der Waals surface area (Å²) in [6.07, 6.45) is 1.80. The number of halogens is 1. The molecular weight excluding hydrogens is 428 g/mol. The number of rotatable bonds is 7. The number of carbonyl (C=O) groups is 1. The van der Waals surface area contributed by atoms with Crippen molar-refractivity contribution in [2.75, 3.05) is 18.4 Å². The van der Waals surface area contributed by atoms with Gasteiger partial charge in [-0.1, -0.05) is 41.0 Å². The molecule has 0 spiro atoms. The van der Waals surface area contributed by atoms with Crippen molar-refractivity contribution in [3.63, 3.8) is 0 Å². The number of ether oxygens (including phenoxy) is 1. The van der Waals surface area contributed by atoms with Gasteiger partial charge in [-0.15, -0.1) is 0 Å². The Morgan fingerprint density at radius 2 is 2.12 bits per heavy atom. The van der Waals surface area contributed by atoms with Crippen LogP contribution in [0.15, 0.2) is 53.1 Å². The van der Waals surface area contributed by atoms with Crippen LogP contribution in [-0.2, 0) is 11.3 Å². The van der Waals surface area contributed by atoms with E-state index in [0.29, 0.717) is 41.3 Å². The molecule has 0 aliphatic carbocycles. The lowest BCUT2D eigenvalue weighted by molar-refractivity contribution is -0.121. The highest BCUT2D eigenvalue weighted by atomic mass is 35.5. The monoisotopic (exact) mass is 454 g/mol. The summed E-state index contributed by atoms with van der Waals surface area (Å²) in [6, 6.07) is 14.9. The van der Waals surface area contributed by atoms with Crippen LogP contribution in [0.1, 0.15) is 32.6 Å². The maximum absolute atomic E-state index is 13.0. The van der Waals surface area contributed by atoms with Crippen LogP contribution in [0.3, 0.4) is 0 Å². The van der Waals surface area contributed by atoms with Crippen molar-refractivity contribution in [1.29, 1.82) is 0 Å². The third-order valence-corrected chi connectivity index (χ3v) is 5.53. The molecule has 0 radical (unpaired) electrons. The van der Waals surface area contributed by atoms with E-state index in [2.05, 4.69) is 20.4 Å². The first-order valence-corrected chi connectivity index (χ1v) is 11.2. The predicted molar refractivity (Wildman–Crippen MR) is 124 cm³/mol. The molecule has 8 heteroatoms. The zero-order valence-corrected chi connectivity index (χ0v) is 19.0. The third kappa shape index (κ3) is 5.66. The number of nitrogens with zero attached hydrogens (tertiary/aromatic N) is 3. The normalized spacial score (nSPS) is 16.8. The molecule has 0 saturated carbocycles. The van der Waals surface area contributed by atoms with Gasteiger partial charge < -0.3 is 14.6 Å². The second-order valence-electron chi connectivity index (χ2n) is 8.25. The van der Waals surface area contributed by atoms with Crippen LogP contribution >= 0.6 is 11.6 Å². The lowest BCUT2D eigenvalue weighted by Crippen LogP contribution is -2.40. The summed E-state index contributed by atoms with van der Waals surface area (Å²) in [5, 5.41) is 7.74. The standard InChI is InChI=1S/C24H27ClN4O3/c1-16(2)31-21-11-4-3-10-20(21)26-24(30)18-8-6-12-29(14-18)15-22-27-23(28-32-22)17-7-5-9-19(25)13-17/h3-5,7,9-11,13,16,18H,6,8,12,14-15H2,1-2H3,(H,26,30). The van der Waals surface area contributed by atoms with Gasteiger partial charge in [-0.2, -0.15) is 4.98 Å². The van der Waals surface area contributed by atoms with E-state index >= 15 is 0 Å². The number of nitrogens with one attached hydrogen (secondary N) is 1. The van der Waals surface area contributed by atoms with E-state index in [9.17, 15) is 4.79 Å². The Hall–Kier alpha value is -2.90. The van der Waals surface area contributed by atoms with Gasteiger partial charge in [0.05, 0.1) is 24.3 Å². The highest BCUT2D eigenvalue weighted by Gasteiger charge is 2.27. The van der Waals surface area contributed by atoms with Crippen molar-refractivity contribution < 1.29 is 14.1 Å². The molecule has 0 bridgehead atoms. The summed E-state index contributed by atoms with van der Waals surface area (Å²) in [5.74, 6) is 1.60. The molecule has 3 aromatic rings. The van der Waals surface area contributed by atoms with E-state index in [1.54, 1.807) is 12.1 Å². The topological polar surface area (TPSA) is 80.5 Å². The van der Waals surface area contributed by atoms with Crippen LogP contribution in [0.4, 0.5) is 5.69 Å². The Labute approximate surface area is 192 Å². The average molecular weight is 455 g/mol. The Kier molecular flexibility index (Phi) is 7.07. The number of hydrogen-bond donors (Lipinski definition) is 1. The molecular formula is C24H27ClN4O3. The fourth-order valence-electron chi connectivity index (χ4n) is 3.83. The number of hydrogen-bond acceptors (Lipinski definition) is 6. The van der Waals surface area contributed by atoms with Gasteiger partial charge in [0.2, 0.25) is 17.6 Å². The minimum absolute atomic E-state index is 0.000323. The van der Waals surface area contributed by atoms with Crippen LogP contribution in [0.2, 0.25) is 5.02 Å². The molecule has 2 heterocycles. The lowest BCUT2D eigenvalue weighted by atomic mass is 9.97. The summed E-state index contributed by atoms with van der Waals surface area (Å²) in [4.78, 5) is 19.6. The average Bonchev–Trinajstić information content (AvgIpc) is 3.23. The van der Waals surface area contributed by atoms with E-state index in [1.807, 2.05) is 50.2 Å². The van der Waals surface area contributed by atoms with E-state index in [4.69, 9.17) is 20.9 Å². The van der Waals surface area contributed by atoms with Gasteiger partial charge in [0.1, 0.15) is 5.75 Å². The molecule has 1 unspecified atom stereocenters. The molecule has 1 fully saturated rings. The van der Waals surface area contributed by atoms with E-state index in [1.165, 1.54) is 0 Å². The fraction of sp³-hybridized carbons (Fsp3) is 0.375. The number of para-hydroxylation sites is 2. The molecule has 1 aromatic heterocycles. The largest absolute Gasteiger partial charge is 0.489 e. The van der Waals surface area contributed by atoms with Crippen LogP contribution in [-0.4, -0.2) is 40.1 Å². The molecule has 2 aromatic carbocycles. The maximum atomic E-state index is 13.0. The molecule has 1 amide bonds. The minimum Gasteiger partial charge on any atom is -0.489 e. The number of piperidine rings is 1. The molecule has 1 aliphatic rings. The van der Waals surface area contributed by atoms with Gasteiger partial charge in [-0.05, 0) is 57.5 Å². The fourth-order valence-corrected chi connectivity index (χ4v) is 4.02. The van der Waals surface area contributed by atoms with Gasteiger partial charge in [0.25, 0.3) is 0 Å². The first-order chi connectivity index (χ1) is 15.5. The number of benzene rings is 2. The smallest absolute Gasteiger partial charge is 0.241 e. The van der Waals surface area contributed by atoms with Crippen molar-refractivity contribution in [3.8, 4) is 17.1 Å². The summed E-state index contributed by atoms with van der Waals surface area (Å²) >= 11 is 6.06. The first-order valence-electron chi connectivity index (χ1n) is 10.9. The van der Waals surface area contributed by atoms with E-state index in [0.717, 1.165) is 24.9 Å². The summed E-state index contributed by atoms with van der Waals surface area (Å²) in [6.45, 7) is 5.95. The molecule has 1 saturated heterocycles. The minimum atomic E-state index is -0.119. The molecule has 7 nitrogen and oxygen atoms in total. The number of aromatic nitrogens is 2. The van der Waals surface area contributed by atoms with E-state index < -0.39 is 0 Å². The second kappa shape index (κ2) is 10.1. The van der Waals surface area contributed by atoms with Gasteiger partial charge in [0.15, 0.2) is 0 Å². The molecule has 1 aliphatic heterocycles. The second-order valence-corrected chi connectivity index (χ2v) is 8.68. The molecule has 4 rings (SSSR count). The van der Waals surface area contributed by atoms with Gasteiger partial charge >= 0.3 is 0 Å². The SMILES string of the molecule is CC(C)Oc1ccccc1NC(=O)C1CCCN(Cc2nc(-c3cccc(Cl)c3)no2)C1. The lowest BCUT2D eigenvalue weighted by Gasteiger charge is -2.31. The number of amides is 1. The van der Waals surface area contributed by atoms with Crippen LogP contribution in [0.5, 0.6) is 5.75 Å². The highest BCUT2D eigenvalue weighted by Crippen LogP contribution is 2.27. The molecule has 1 N–H and O–H groups in total. The third-order valence-electron chi connectivity index (χ3n) is 5.29. The Balaban J connectivity index is 1.37. The van der Waals surface area contributed by atoms with Gasteiger partial charge in [0, 0.05) is 17.1 Å². The van der Waals surface area contributed by atoms with Gasteiger partial charge in [-0.3, -0.25) is 9.69 Å². The zero-order chi connectivity index (χ0) is 22.5. The van der Waals surface area contributed by atoms with Crippen LogP contribution in [0.25, 0.3) is 11.4 Å². The van der Waals surface area contributed by atoms with Crippen molar-refractivity contribution in [2.45, 2.75) is 39.3 Å². The van der Waals surface area contributed by atoms with Crippen molar-refractivity contribution in [3.05, 3.63) is 59.4 Å². The van der Waals surface area contributed by atoms with Gasteiger partial charge in [-0.25, -0.2) is 0 Å². The van der Waals surface area contributed by atoms with Crippen LogP contribution in [0, 0.1) is 5.92 Å². The van der Waals surface area contributed by atoms with Crippen LogP contribution < -0.4 is 10.1 Å². The van der Waals surface area contributed by atoms with E-state index in [-0.39, 0.29) is 17.9 Å². The quantitative estimate of drug-likeness (QED) is 0.539. The molecule has 1 atom stereocenters. The number of carbonyl (C=O) groups excluding carboxylic acids is 1. The summed E-state index contributed by atoms with van der Waals surface area (Å²) in [7, 11) is 0. The Morgan fingerprint density at radius 1 is 1.28 bits per heavy atom. The Bertz CT molecular complexity index is 1070. The van der Waals surface area contributed by atoms with Crippen molar-refractivity contribution >= 4 is 23.2 Å². The molecule has 32 heavy (non-hydrogen) atoms. The maximum Gasteiger partial charge on any atom is 0.241 e. The predicted octanol–water partition coefficient (Wildman–Crippen LogP) is 5.03. The number of likely N-dealkylation sites (tertiary alicyclic amines) is 1. The highest BCUT2D eigenvalue weighted by molar-refractivity contribution is 6.30. The van der Waals surface area contributed by atoms with Crippen molar-refractivity contribution in [1.82, 2.24) is 15.0 Å². The zero-order valence-electron chi connectivity index (χ0n) is 18.3. The molecule has 168 valence electrons. The summed E-state index contributed by atoms with van der Waals surface area (Å²) < 4.78 is 11.3. The van der Waals surface area contributed by atoms with Crippen molar-refractivity contribution in [2.24, 2.45) is 5.92 Å². The first kappa shape index (κ1) is 22.3. The Morgan fingerprint density at radius 3 is 2.94 bits per heavy atom.